The first-order valence-electron chi connectivity index (χ1n) is 13.4. The minimum atomic E-state index is -4.05. The van der Waals surface area contributed by atoms with Crippen molar-refractivity contribution in [1.29, 1.82) is 0 Å². The average molecular weight is 581 g/mol. The topological polar surface area (TPSA) is 133 Å². The number of carboxylic acid groups (broad SMARTS) is 1. The van der Waals surface area contributed by atoms with Gasteiger partial charge in [-0.1, -0.05) is 86.6 Å². The molecule has 3 atom stereocenters. The summed E-state index contributed by atoms with van der Waals surface area (Å²) in [5.74, 6) is -2.75. The van der Waals surface area contributed by atoms with Crippen LogP contribution in [0.4, 0.5) is 10.5 Å². The van der Waals surface area contributed by atoms with Crippen LogP contribution in [0.15, 0.2) is 84.9 Å². The van der Waals surface area contributed by atoms with E-state index in [9.17, 15) is 28.9 Å². The highest BCUT2D eigenvalue weighted by molar-refractivity contribution is 7.58. The molecule has 0 saturated carbocycles. The number of nitrogens with one attached hydrogen (secondary N) is 1. The molecule has 3 aromatic rings. The lowest BCUT2D eigenvalue weighted by molar-refractivity contribution is -0.140. The number of ether oxygens (including phenoxy) is 1. The highest BCUT2D eigenvalue weighted by Crippen LogP contribution is 2.43. The predicted octanol–water partition coefficient (Wildman–Crippen LogP) is 5.98. The Labute approximate surface area is 240 Å². The largest absolute Gasteiger partial charge is 0.480 e. The van der Waals surface area contributed by atoms with Gasteiger partial charge in [0, 0.05) is 17.8 Å². The summed E-state index contributed by atoms with van der Waals surface area (Å²) in [6.45, 7) is 5.16. The van der Waals surface area contributed by atoms with Crippen LogP contribution in [0, 0.1) is 11.8 Å². The van der Waals surface area contributed by atoms with Crippen molar-refractivity contribution in [2.45, 2.75) is 39.8 Å². The molecule has 3 rings (SSSR count). The lowest BCUT2D eigenvalue weighted by Crippen LogP contribution is -2.47. The first-order chi connectivity index (χ1) is 19.5. The summed E-state index contributed by atoms with van der Waals surface area (Å²) in [5, 5.41) is 12.1. The summed E-state index contributed by atoms with van der Waals surface area (Å²) in [4.78, 5) is 49.9. The number of carboxylic acids is 1. The molecule has 0 fully saturated rings. The van der Waals surface area contributed by atoms with Crippen LogP contribution in [-0.4, -0.2) is 46.5 Å². The van der Waals surface area contributed by atoms with Crippen molar-refractivity contribution < 1.29 is 33.7 Å². The van der Waals surface area contributed by atoms with E-state index in [-0.39, 0.29) is 18.9 Å². The first kappa shape index (κ1) is 31.6. The van der Waals surface area contributed by atoms with Gasteiger partial charge in [0.2, 0.25) is 13.3 Å². The van der Waals surface area contributed by atoms with Gasteiger partial charge in [-0.25, -0.2) is 9.59 Å². The lowest BCUT2D eigenvalue weighted by Gasteiger charge is -2.32. The van der Waals surface area contributed by atoms with Gasteiger partial charge in [0.15, 0.2) is 0 Å². The zero-order valence-corrected chi connectivity index (χ0v) is 24.4. The standard InChI is InChI=1S/C31H37N2O7P/c1-22(2)18-27(20-41(38,39)21-32-31(37)40-19-24-10-6-4-7-11-24)29(34)33(23(3)30(35)36)28-16-14-26(15-17-28)25-12-8-5-9-13-25/h4-17,22-23,27H,18-21H2,1-3H3,(H,32,37)(H,35,36)(H,38,39)/t23-,27?/m0/s1. The summed E-state index contributed by atoms with van der Waals surface area (Å²) in [6.07, 6.45) is -1.60. The van der Waals surface area contributed by atoms with Crippen LogP contribution >= 0.6 is 7.37 Å². The fourth-order valence-electron chi connectivity index (χ4n) is 4.49. The number of benzene rings is 3. The average Bonchev–Trinajstić information content (AvgIpc) is 2.95. The third kappa shape index (κ3) is 9.59. The van der Waals surface area contributed by atoms with Crippen LogP contribution < -0.4 is 10.2 Å². The maximum atomic E-state index is 13.9. The van der Waals surface area contributed by atoms with E-state index in [1.54, 1.807) is 48.5 Å². The molecular formula is C31H37N2O7P. The Kier molecular flexibility index (Phi) is 11.3. The molecule has 3 N–H and O–H groups in total. The Morgan fingerprint density at radius 1 is 0.878 bits per heavy atom. The monoisotopic (exact) mass is 580 g/mol. The second-order valence-corrected chi connectivity index (χ2v) is 12.8. The molecule has 0 saturated heterocycles. The van der Waals surface area contributed by atoms with Crippen molar-refractivity contribution in [2.24, 2.45) is 11.8 Å². The number of alkyl carbamates (subject to hydrolysis) is 1. The molecule has 0 aliphatic heterocycles. The summed E-state index contributed by atoms with van der Waals surface area (Å²) in [7, 11) is -4.05. The van der Waals surface area contributed by atoms with Crippen molar-refractivity contribution in [3.63, 3.8) is 0 Å². The summed E-state index contributed by atoms with van der Waals surface area (Å²) in [5.41, 5.74) is 3.00. The van der Waals surface area contributed by atoms with E-state index in [0.717, 1.165) is 16.7 Å². The maximum Gasteiger partial charge on any atom is 0.407 e. The molecule has 218 valence electrons. The second kappa shape index (κ2) is 14.6. The van der Waals surface area contributed by atoms with Gasteiger partial charge >= 0.3 is 12.1 Å². The van der Waals surface area contributed by atoms with Crippen molar-refractivity contribution in [3.8, 4) is 11.1 Å². The highest BCUT2D eigenvalue weighted by atomic mass is 31.2. The highest BCUT2D eigenvalue weighted by Gasteiger charge is 2.36. The van der Waals surface area contributed by atoms with Crippen molar-refractivity contribution in [2.75, 3.05) is 17.3 Å². The molecule has 3 aromatic carbocycles. The van der Waals surface area contributed by atoms with E-state index in [4.69, 9.17) is 4.74 Å². The van der Waals surface area contributed by atoms with Gasteiger partial charge in [-0.15, -0.1) is 0 Å². The van der Waals surface area contributed by atoms with Gasteiger partial charge in [-0.3, -0.25) is 14.3 Å². The molecular weight excluding hydrogens is 543 g/mol. The van der Waals surface area contributed by atoms with Crippen molar-refractivity contribution in [1.82, 2.24) is 5.32 Å². The third-order valence-corrected chi connectivity index (χ3v) is 8.19. The van der Waals surface area contributed by atoms with Gasteiger partial charge in [0.05, 0.1) is 6.29 Å². The van der Waals surface area contributed by atoms with E-state index in [2.05, 4.69) is 5.32 Å². The molecule has 2 unspecified atom stereocenters. The first-order valence-corrected chi connectivity index (χ1v) is 15.5. The van der Waals surface area contributed by atoms with E-state index < -0.39 is 49.7 Å². The van der Waals surface area contributed by atoms with E-state index in [0.29, 0.717) is 5.69 Å². The minimum absolute atomic E-state index is 0.00195. The lowest BCUT2D eigenvalue weighted by atomic mass is 9.96. The Morgan fingerprint density at radius 2 is 1.44 bits per heavy atom. The number of carbonyl (C=O) groups is 3. The molecule has 0 spiro atoms. The van der Waals surface area contributed by atoms with Crippen LogP contribution in [0.1, 0.15) is 32.8 Å². The van der Waals surface area contributed by atoms with E-state index >= 15 is 0 Å². The quantitative estimate of drug-likeness (QED) is 0.212. The van der Waals surface area contributed by atoms with Crippen LogP contribution in [0.3, 0.4) is 0 Å². The Balaban J connectivity index is 1.76. The number of carbonyl (C=O) groups excluding carboxylic acids is 2. The van der Waals surface area contributed by atoms with Gasteiger partial charge in [0.1, 0.15) is 12.6 Å². The van der Waals surface area contributed by atoms with Gasteiger partial charge in [-0.05, 0) is 48.1 Å². The fourth-order valence-corrected chi connectivity index (χ4v) is 5.99. The van der Waals surface area contributed by atoms with Crippen LogP contribution in [-0.2, 0) is 25.5 Å². The van der Waals surface area contributed by atoms with Gasteiger partial charge < -0.3 is 20.1 Å². The third-order valence-electron chi connectivity index (χ3n) is 6.53. The zero-order chi connectivity index (χ0) is 30.0. The molecule has 0 bridgehead atoms. The molecule has 10 heteroatoms. The molecule has 2 amide bonds. The minimum Gasteiger partial charge on any atom is -0.480 e. The molecule has 9 nitrogen and oxygen atoms in total. The number of nitrogens with zero attached hydrogens (tertiary/aromatic N) is 1. The smallest absolute Gasteiger partial charge is 0.407 e. The van der Waals surface area contributed by atoms with E-state index in [1.807, 2.05) is 50.2 Å². The molecule has 41 heavy (non-hydrogen) atoms. The van der Waals surface area contributed by atoms with E-state index in [1.165, 1.54) is 11.8 Å². The molecule has 0 aliphatic rings. The Morgan fingerprint density at radius 3 is 2.00 bits per heavy atom. The molecule has 0 radical (unpaired) electrons. The number of anilines is 1. The Bertz CT molecular complexity index is 1350. The number of hydrogen-bond acceptors (Lipinski definition) is 5. The summed E-state index contributed by atoms with van der Waals surface area (Å²) in [6, 6.07) is 24.4. The molecule has 0 aliphatic carbocycles. The van der Waals surface area contributed by atoms with Crippen LogP contribution in [0.2, 0.25) is 0 Å². The predicted molar refractivity (Wildman–Crippen MR) is 159 cm³/mol. The van der Waals surface area contributed by atoms with Crippen LogP contribution in [0.5, 0.6) is 0 Å². The zero-order valence-electron chi connectivity index (χ0n) is 23.5. The normalized spacial score (nSPS) is 14.0. The number of aliphatic carboxylic acids is 1. The number of rotatable bonds is 13. The summed E-state index contributed by atoms with van der Waals surface area (Å²) >= 11 is 0. The molecule has 0 heterocycles. The fraction of sp³-hybridized carbons (Fsp3) is 0.323. The number of hydrogen-bond donors (Lipinski definition) is 3. The van der Waals surface area contributed by atoms with Crippen molar-refractivity contribution in [3.05, 3.63) is 90.5 Å². The maximum absolute atomic E-state index is 13.9. The molecule has 0 aromatic heterocycles. The number of amides is 2. The van der Waals surface area contributed by atoms with Crippen molar-refractivity contribution >= 4 is 31.0 Å². The summed E-state index contributed by atoms with van der Waals surface area (Å²) < 4.78 is 18.3. The SMILES string of the molecule is CC(C)CC(CP(=O)(O)CNC(=O)OCc1ccccc1)C(=O)N(c1ccc(-c2ccccc2)cc1)[C@@H](C)C(=O)O. The van der Waals surface area contributed by atoms with Crippen LogP contribution in [0.25, 0.3) is 11.1 Å². The van der Waals surface area contributed by atoms with Gasteiger partial charge in [0.25, 0.3) is 0 Å². The second-order valence-electron chi connectivity index (χ2n) is 10.4. The Hall–Kier alpha value is -3.94. The van der Waals surface area contributed by atoms with Gasteiger partial charge in [-0.2, -0.15) is 0 Å².